The standard InChI is InChI=1S/C22H25NOS/c1-6-15-10-14(9-12(2)23-15)7-8-18(24)21-16-11-17-20(22(17,4)5)19(16)13(3)25-21/h7-10,17,20H,6,11H2,1-5H3/t17-,20-/m1/s1. The highest BCUT2D eigenvalue weighted by Crippen LogP contribution is 2.71. The fraction of sp³-hybridized carbons (Fsp3) is 0.455. The van der Waals surface area contributed by atoms with Crippen LogP contribution >= 0.6 is 11.3 Å². The van der Waals surface area contributed by atoms with Gasteiger partial charge in [0.1, 0.15) is 0 Å². The molecule has 2 aliphatic carbocycles. The number of ketones is 1. The van der Waals surface area contributed by atoms with Crippen LogP contribution in [0.15, 0.2) is 18.2 Å². The molecule has 0 aliphatic heterocycles. The molecule has 2 aliphatic rings. The fourth-order valence-electron chi connectivity index (χ4n) is 4.62. The molecule has 2 aromatic rings. The number of fused-ring (bicyclic) bond motifs is 3. The van der Waals surface area contributed by atoms with Crippen LogP contribution in [-0.2, 0) is 12.8 Å². The number of nitrogens with zero attached hydrogens (tertiary/aromatic N) is 1. The lowest BCUT2D eigenvalue weighted by atomic mass is 9.94. The third-order valence-electron chi connectivity index (χ3n) is 6.06. The molecule has 1 fully saturated rings. The summed E-state index contributed by atoms with van der Waals surface area (Å²) in [6, 6.07) is 4.10. The van der Waals surface area contributed by atoms with Gasteiger partial charge in [-0.2, -0.15) is 0 Å². The van der Waals surface area contributed by atoms with Crippen molar-refractivity contribution in [2.75, 3.05) is 0 Å². The molecule has 2 nitrogen and oxygen atoms in total. The molecular formula is C22H25NOS. The van der Waals surface area contributed by atoms with Gasteiger partial charge in [-0.1, -0.05) is 26.8 Å². The second-order valence-electron chi connectivity index (χ2n) is 8.07. The molecular weight excluding hydrogens is 326 g/mol. The minimum Gasteiger partial charge on any atom is -0.288 e. The molecule has 0 amide bonds. The number of carbonyl (C=O) groups excluding carboxylic acids is 1. The Morgan fingerprint density at radius 1 is 1.36 bits per heavy atom. The lowest BCUT2D eigenvalue weighted by Gasteiger charge is -2.09. The molecule has 4 rings (SSSR count). The van der Waals surface area contributed by atoms with Crippen molar-refractivity contribution < 1.29 is 4.79 Å². The topological polar surface area (TPSA) is 30.0 Å². The Labute approximate surface area is 154 Å². The highest BCUT2D eigenvalue weighted by atomic mass is 32.1. The summed E-state index contributed by atoms with van der Waals surface area (Å²) in [5.74, 6) is 1.58. The first-order chi connectivity index (χ1) is 11.8. The van der Waals surface area contributed by atoms with Gasteiger partial charge in [0.25, 0.3) is 0 Å². The number of aromatic nitrogens is 1. The summed E-state index contributed by atoms with van der Waals surface area (Å²) in [6.07, 6.45) is 5.68. The molecule has 2 atom stereocenters. The molecule has 0 unspecified atom stereocenters. The van der Waals surface area contributed by atoms with E-state index in [1.165, 1.54) is 16.0 Å². The van der Waals surface area contributed by atoms with Crippen molar-refractivity contribution in [2.24, 2.45) is 11.3 Å². The average molecular weight is 352 g/mol. The summed E-state index contributed by atoms with van der Waals surface area (Å²) in [6.45, 7) is 11.0. The van der Waals surface area contributed by atoms with Crippen molar-refractivity contribution >= 4 is 23.2 Å². The van der Waals surface area contributed by atoms with Crippen LogP contribution in [0.4, 0.5) is 0 Å². The van der Waals surface area contributed by atoms with Crippen molar-refractivity contribution in [1.82, 2.24) is 4.98 Å². The van der Waals surface area contributed by atoms with Crippen LogP contribution in [0.1, 0.15) is 69.3 Å². The number of pyridine rings is 1. The van der Waals surface area contributed by atoms with Crippen molar-refractivity contribution in [3.8, 4) is 0 Å². The number of hydrogen-bond donors (Lipinski definition) is 0. The number of thiophene rings is 1. The van der Waals surface area contributed by atoms with E-state index < -0.39 is 0 Å². The van der Waals surface area contributed by atoms with Gasteiger partial charge < -0.3 is 0 Å². The molecule has 2 aromatic heterocycles. The second kappa shape index (κ2) is 5.63. The monoisotopic (exact) mass is 351 g/mol. The van der Waals surface area contributed by atoms with Crippen LogP contribution in [-0.4, -0.2) is 10.8 Å². The molecule has 0 aromatic carbocycles. The Morgan fingerprint density at radius 3 is 2.84 bits per heavy atom. The van der Waals surface area contributed by atoms with Gasteiger partial charge in [0.15, 0.2) is 5.78 Å². The number of hydrogen-bond acceptors (Lipinski definition) is 3. The molecule has 130 valence electrons. The molecule has 1 saturated carbocycles. The lowest BCUT2D eigenvalue weighted by molar-refractivity contribution is 0.105. The predicted molar refractivity (Wildman–Crippen MR) is 104 cm³/mol. The van der Waals surface area contributed by atoms with Crippen molar-refractivity contribution in [3.63, 3.8) is 0 Å². The van der Waals surface area contributed by atoms with E-state index in [-0.39, 0.29) is 5.78 Å². The molecule has 0 saturated heterocycles. The molecule has 3 heteroatoms. The van der Waals surface area contributed by atoms with E-state index in [0.29, 0.717) is 11.3 Å². The fourth-order valence-corrected chi connectivity index (χ4v) is 5.77. The van der Waals surface area contributed by atoms with Gasteiger partial charge in [0, 0.05) is 16.3 Å². The van der Waals surface area contributed by atoms with Gasteiger partial charge in [0.2, 0.25) is 0 Å². The van der Waals surface area contributed by atoms with Crippen LogP contribution < -0.4 is 0 Å². The largest absolute Gasteiger partial charge is 0.288 e. The van der Waals surface area contributed by atoms with Crippen LogP contribution in [0.2, 0.25) is 0 Å². The summed E-state index contributed by atoms with van der Waals surface area (Å²) in [5, 5.41) is 0. The predicted octanol–water partition coefficient (Wildman–Crippen LogP) is 5.51. The zero-order chi connectivity index (χ0) is 17.9. The molecule has 2 heterocycles. The number of rotatable bonds is 4. The van der Waals surface area contributed by atoms with E-state index in [1.54, 1.807) is 17.4 Å². The van der Waals surface area contributed by atoms with Gasteiger partial charge in [0.05, 0.1) is 4.88 Å². The molecule has 0 radical (unpaired) electrons. The smallest absolute Gasteiger partial charge is 0.196 e. The lowest BCUT2D eigenvalue weighted by Crippen LogP contribution is -2.03. The maximum Gasteiger partial charge on any atom is 0.196 e. The summed E-state index contributed by atoms with van der Waals surface area (Å²) >= 11 is 1.69. The van der Waals surface area contributed by atoms with Crippen molar-refractivity contribution in [1.29, 1.82) is 0 Å². The Morgan fingerprint density at radius 2 is 2.12 bits per heavy atom. The first-order valence-electron chi connectivity index (χ1n) is 9.15. The van der Waals surface area contributed by atoms with Gasteiger partial charge in [-0.25, -0.2) is 0 Å². The van der Waals surface area contributed by atoms with Gasteiger partial charge >= 0.3 is 0 Å². The minimum atomic E-state index is 0.154. The van der Waals surface area contributed by atoms with Crippen molar-refractivity contribution in [3.05, 3.63) is 56.0 Å². The average Bonchev–Trinajstić information content (AvgIpc) is 2.92. The quantitative estimate of drug-likeness (QED) is 0.537. The minimum absolute atomic E-state index is 0.154. The highest BCUT2D eigenvalue weighted by molar-refractivity contribution is 7.14. The third kappa shape index (κ3) is 2.60. The Kier molecular flexibility index (Phi) is 3.77. The van der Waals surface area contributed by atoms with E-state index >= 15 is 0 Å². The maximum absolute atomic E-state index is 12.8. The molecule has 0 bridgehead atoms. The number of carbonyl (C=O) groups is 1. The summed E-state index contributed by atoms with van der Waals surface area (Å²) in [5.41, 5.74) is 6.40. The summed E-state index contributed by atoms with van der Waals surface area (Å²) < 4.78 is 0. The normalized spacial score (nSPS) is 22.9. The maximum atomic E-state index is 12.8. The van der Waals surface area contributed by atoms with E-state index in [1.807, 2.05) is 19.1 Å². The number of aryl methyl sites for hydroxylation is 3. The van der Waals surface area contributed by atoms with Gasteiger partial charge in [-0.05, 0) is 78.8 Å². The first kappa shape index (κ1) is 16.7. The highest BCUT2D eigenvalue weighted by Gasteiger charge is 2.63. The molecule has 0 spiro atoms. The zero-order valence-electron chi connectivity index (χ0n) is 15.6. The zero-order valence-corrected chi connectivity index (χ0v) is 16.5. The first-order valence-corrected chi connectivity index (χ1v) is 9.96. The van der Waals surface area contributed by atoms with Crippen LogP contribution in [0.5, 0.6) is 0 Å². The Balaban J connectivity index is 1.60. The second-order valence-corrected chi connectivity index (χ2v) is 9.30. The number of allylic oxidation sites excluding steroid dienone is 1. The van der Waals surface area contributed by atoms with Crippen molar-refractivity contribution in [2.45, 2.75) is 53.4 Å². The van der Waals surface area contributed by atoms with E-state index in [2.05, 4.69) is 38.7 Å². The van der Waals surface area contributed by atoms with E-state index in [0.717, 1.165) is 40.6 Å². The van der Waals surface area contributed by atoms with Gasteiger partial charge in [-0.3, -0.25) is 9.78 Å². The van der Waals surface area contributed by atoms with Gasteiger partial charge in [-0.15, -0.1) is 11.3 Å². The Hall–Kier alpha value is -1.74. The van der Waals surface area contributed by atoms with Crippen LogP contribution in [0, 0.1) is 25.2 Å². The Bertz CT molecular complexity index is 903. The SMILES string of the molecule is CCc1cc(C=CC(=O)c2sc(C)c3c2C[C@@H]2[C@H]3C2(C)C)cc(C)n1. The van der Waals surface area contributed by atoms with Crippen LogP contribution in [0.3, 0.4) is 0 Å². The summed E-state index contributed by atoms with van der Waals surface area (Å²) in [7, 11) is 0. The van der Waals surface area contributed by atoms with E-state index in [4.69, 9.17) is 0 Å². The molecule has 0 N–H and O–H groups in total. The summed E-state index contributed by atoms with van der Waals surface area (Å²) in [4.78, 5) is 19.6. The van der Waals surface area contributed by atoms with Crippen LogP contribution in [0.25, 0.3) is 6.08 Å². The molecule has 25 heavy (non-hydrogen) atoms. The van der Waals surface area contributed by atoms with E-state index in [9.17, 15) is 4.79 Å². The third-order valence-corrected chi connectivity index (χ3v) is 7.24.